The zero-order valence-electron chi connectivity index (χ0n) is 10.1. The Hall–Kier alpha value is -1.55. The van der Waals surface area contributed by atoms with Crippen molar-refractivity contribution in [1.29, 1.82) is 0 Å². The summed E-state index contributed by atoms with van der Waals surface area (Å²) in [5.41, 5.74) is 1.97. The molecule has 0 aliphatic carbocycles. The van der Waals surface area contributed by atoms with E-state index >= 15 is 0 Å². The van der Waals surface area contributed by atoms with Crippen molar-refractivity contribution < 1.29 is 4.79 Å². The zero-order valence-corrected chi connectivity index (χ0v) is 10.1. The van der Waals surface area contributed by atoms with E-state index in [0.717, 1.165) is 43.7 Å². The van der Waals surface area contributed by atoms with Gasteiger partial charge < -0.3 is 15.5 Å². The molecule has 0 atom stereocenters. The minimum absolute atomic E-state index is 0.309. The van der Waals surface area contributed by atoms with Gasteiger partial charge in [-0.2, -0.15) is 0 Å². The summed E-state index contributed by atoms with van der Waals surface area (Å²) in [4.78, 5) is 13.2. The van der Waals surface area contributed by atoms with Crippen LogP contribution in [0.15, 0.2) is 24.3 Å². The molecule has 1 heterocycles. The molecular weight excluding hydrogens is 214 g/mol. The molecule has 0 bridgehead atoms. The van der Waals surface area contributed by atoms with Gasteiger partial charge in [0.05, 0.1) is 11.4 Å². The molecule has 2 rings (SSSR count). The van der Waals surface area contributed by atoms with Gasteiger partial charge in [-0.05, 0) is 38.1 Å². The second-order valence-corrected chi connectivity index (χ2v) is 4.26. The van der Waals surface area contributed by atoms with Crippen molar-refractivity contribution in [3.05, 3.63) is 24.3 Å². The summed E-state index contributed by atoms with van der Waals surface area (Å²) in [5.74, 6) is 0. The maximum atomic E-state index is 11.4. The zero-order chi connectivity index (χ0) is 12.1. The minimum atomic E-state index is 0.309. The average Bonchev–Trinajstić information content (AvgIpc) is 2.41. The molecular formula is C13H19N3O. The molecule has 1 aliphatic rings. The molecule has 1 fully saturated rings. The molecule has 0 unspecified atom stereocenters. The van der Waals surface area contributed by atoms with Crippen LogP contribution in [0.4, 0.5) is 11.4 Å². The van der Waals surface area contributed by atoms with E-state index in [2.05, 4.69) is 10.6 Å². The van der Waals surface area contributed by atoms with Crippen molar-refractivity contribution in [2.75, 3.05) is 30.4 Å². The molecule has 1 aliphatic heterocycles. The number of para-hydroxylation sites is 2. The Morgan fingerprint density at radius 1 is 1.35 bits per heavy atom. The lowest BCUT2D eigenvalue weighted by atomic mass is 10.0. The quantitative estimate of drug-likeness (QED) is 0.774. The van der Waals surface area contributed by atoms with Gasteiger partial charge in [-0.15, -0.1) is 0 Å². The molecule has 0 aromatic heterocycles. The number of carbonyl (C=O) groups is 1. The van der Waals surface area contributed by atoms with Gasteiger partial charge in [-0.25, -0.2) is 0 Å². The molecule has 17 heavy (non-hydrogen) atoms. The molecule has 2 N–H and O–H groups in total. The third-order valence-electron chi connectivity index (χ3n) is 3.27. The van der Waals surface area contributed by atoms with Gasteiger partial charge >= 0.3 is 0 Å². The molecule has 1 aromatic rings. The van der Waals surface area contributed by atoms with Crippen LogP contribution in [-0.4, -0.2) is 32.6 Å². The fraction of sp³-hybridized carbons (Fsp3) is 0.462. The number of hydrogen-bond donors (Lipinski definition) is 2. The summed E-state index contributed by atoms with van der Waals surface area (Å²) in [6.07, 6.45) is 2.97. The van der Waals surface area contributed by atoms with E-state index < -0.39 is 0 Å². The van der Waals surface area contributed by atoms with Crippen LogP contribution < -0.4 is 15.5 Å². The largest absolute Gasteiger partial charge is 0.386 e. The topological polar surface area (TPSA) is 44.4 Å². The third-order valence-corrected chi connectivity index (χ3v) is 3.27. The van der Waals surface area contributed by atoms with Crippen LogP contribution in [0.25, 0.3) is 0 Å². The Labute approximate surface area is 102 Å². The van der Waals surface area contributed by atoms with E-state index in [4.69, 9.17) is 0 Å². The van der Waals surface area contributed by atoms with Gasteiger partial charge in [0.25, 0.3) is 0 Å². The summed E-state index contributed by atoms with van der Waals surface area (Å²) >= 11 is 0. The van der Waals surface area contributed by atoms with Crippen LogP contribution in [0.2, 0.25) is 0 Å². The predicted molar refractivity (Wildman–Crippen MR) is 70.4 cm³/mol. The van der Waals surface area contributed by atoms with Crippen LogP contribution in [0.5, 0.6) is 0 Å². The van der Waals surface area contributed by atoms with Gasteiger partial charge in [0.2, 0.25) is 6.41 Å². The molecule has 4 nitrogen and oxygen atoms in total. The maximum absolute atomic E-state index is 11.4. The van der Waals surface area contributed by atoms with Crippen molar-refractivity contribution in [3.8, 4) is 0 Å². The number of hydrogen-bond acceptors (Lipinski definition) is 3. The van der Waals surface area contributed by atoms with Crippen LogP contribution in [0, 0.1) is 0 Å². The number of nitrogens with one attached hydrogen (secondary N) is 2. The van der Waals surface area contributed by atoms with Crippen LogP contribution in [0.1, 0.15) is 12.8 Å². The van der Waals surface area contributed by atoms with Gasteiger partial charge in [-0.1, -0.05) is 12.1 Å². The Kier molecular flexibility index (Phi) is 3.98. The standard InChI is InChI=1S/C13H19N3O/c1-14-12-4-2-3-5-13(12)16(10-17)11-6-8-15-9-7-11/h2-5,10-11,14-15H,6-9H2,1H3. The lowest BCUT2D eigenvalue weighted by Crippen LogP contribution is -2.42. The van der Waals surface area contributed by atoms with E-state index in [9.17, 15) is 4.79 Å². The Balaban J connectivity index is 2.24. The van der Waals surface area contributed by atoms with E-state index in [-0.39, 0.29) is 0 Å². The van der Waals surface area contributed by atoms with E-state index in [1.165, 1.54) is 0 Å². The van der Waals surface area contributed by atoms with Crippen molar-refractivity contribution in [2.45, 2.75) is 18.9 Å². The Morgan fingerprint density at radius 2 is 2.06 bits per heavy atom. The highest BCUT2D eigenvalue weighted by Crippen LogP contribution is 2.27. The van der Waals surface area contributed by atoms with Gasteiger partial charge in [0, 0.05) is 13.1 Å². The number of benzene rings is 1. The first-order valence-electron chi connectivity index (χ1n) is 6.08. The molecule has 1 saturated heterocycles. The highest BCUT2D eigenvalue weighted by molar-refractivity contribution is 5.84. The normalized spacial score (nSPS) is 16.5. The summed E-state index contributed by atoms with van der Waals surface area (Å²) < 4.78 is 0. The molecule has 4 heteroatoms. The number of anilines is 2. The number of nitrogens with zero attached hydrogens (tertiary/aromatic N) is 1. The molecule has 0 spiro atoms. The van der Waals surface area contributed by atoms with Crippen LogP contribution in [0.3, 0.4) is 0 Å². The van der Waals surface area contributed by atoms with Crippen LogP contribution >= 0.6 is 0 Å². The molecule has 0 saturated carbocycles. The summed E-state index contributed by atoms with van der Waals surface area (Å²) in [7, 11) is 1.88. The molecule has 0 radical (unpaired) electrons. The number of piperidine rings is 1. The second-order valence-electron chi connectivity index (χ2n) is 4.26. The summed E-state index contributed by atoms with van der Waals surface area (Å²) in [6.45, 7) is 1.97. The minimum Gasteiger partial charge on any atom is -0.386 e. The number of carbonyl (C=O) groups excluding carboxylic acids is 1. The SMILES string of the molecule is CNc1ccccc1N(C=O)C1CCNCC1. The average molecular weight is 233 g/mol. The fourth-order valence-corrected chi connectivity index (χ4v) is 2.33. The first-order valence-corrected chi connectivity index (χ1v) is 6.08. The lowest BCUT2D eigenvalue weighted by Gasteiger charge is -2.32. The number of amides is 1. The molecule has 1 aromatic carbocycles. The lowest BCUT2D eigenvalue weighted by molar-refractivity contribution is -0.108. The van der Waals surface area contributed by atoms with E-state index in [1.807, 2.05) is 36.2 Å². The second kappa shape index (κ2) is 5.68. The van der Waals surface area contributed by atoms with Crippen molar-refractivity contribution in [3.63, 3.8) is 0 Å². The predicted octanol–water partition coefficient (Wildman–Crippen LogP) is 1.44. The van der Waals surface area contributed by atoms with Crippen LogP contribution in [-0.2, 0) is 4.79 Å². The van der Waals surface area contributed by atoms with Gasteiger partial charge in [0.1, 0.15) is 0 Å². The van der Waals surface area contributed by atoms with Gasteiger partial charge in [-0.3, -0.25) is 4.79 Å². The third kappa shape index (κ3) is 2.58. The van der Waals surface area contributed by atoms with Gasteiger partial charge in [0.15, 0.2) is 0 Å². The Morgan fingerprint density at radius 3 is 2.71 bits per heavy atom. The fourth-order valence-electron chi connectivity index (χ4n) is 2.33. The highest BCUT2D eigenvalue weighted by Gasteiger charge is 2.22. The first kappa shape index (κ1) is 11.9. The monoisotopic (exact) mass is 233 g/mol. The van der Waals surface area contributed by atoms with Crippen molar-refractivity contribution in [2.24, 2.45) is 0 Å². The molecule has 1 amide bonds. The summed E-state index contributed by atoms with van der Waals surface area (Å²) in [6, 6.07) is 8.23. The Bertz CT molecular complexity index is 375. The number of rotatable bonds is 4. The highest BCUT2D eigenvalue weighted by atomic mass is 16.1. The summed E-state index contributed by atoms with van der Waals surface area (Å²) in [5, 5.41) is 6.45. The van der Waals surface area contributed by atoms with E-state index in [1.54, 1.807) is 0 Å². The molecule has 92 valence electrons. The smallest absolute Gasteiger partial charge is 0.214 e. The maximum Gasteiger partial charge on any atom is 0.214 e. The van der Waals surface area contributed by atoms with Crippen molar-refractivity contribution >= 4 is 17.8 Å². The first-order chi connectivity index (χ1) is 8.36. The van der Waals surface area contributed by atoms with E-state index in [0.29, 0.717) is 6.04 Å². The van der Waals surface area contributed by atoms with Crippen molar-refractivity contribution in [1.82, 2.24) is 5.32 Å².